The predicted molar refractivity (Wildman–Crippen MR) is 94.3 cm³/mol. The van der Waals surface area contributed by atoms with Crippen LogP contribution in [-0.4, -0.2) is 60.9 Å². The zero-order valence-corrected chi connectivity index (χ0v) is 15.2. The number of fused-ring (bicyclic) bond motifs is 1. The minimum absolute atomic E-state index is 0.0414. The van der Waals surface area contributed by atoms with Crippen LogP contribution in [0.4, 0.5) is 0 Å². The quantitative estimate of drug-likeness (QED) is 0.470. The smallest absolute Gasteiger partial charge is 0.340 e. The van der Waals surface area contributed by atoms with Crippen LogP contribution in [0.2, 0.25) is 0 Å². The second kappa shape index (κ2) is 9.26. The van der Waals surface area contributed by atoms with E-state index in [9.17, 15) is 19.8 Å². The molecule has 0 amide bonds. The van der Waals surface area contributed by atoms with Crippen molar-refractivity contribution in [1.82, 2.24) is 4.98 Å². The third-order valence-corrected chi connectivity index (χ3v) is 3.59. The van der Waals surface area contributed by atoms with Crippen molar-refractivity contribution in [3.05, 3.63) is 29.5 Å². The lowest BCUT2D eigenvalue weighted by atomic mass is 9.95. The van der Waals surface area contributed by atoms with Crippen molar-refractivity contribution < 1.29 is 38.7 Å². The fourth-order valence-electron chi connectivity index (χ4n) is 2.62. The molecule has 0 spiro atoms. The number of hydrogen-bond acceptors (Lipinski definition) is 8. The third kappa shape index (κ3) is 4.51. The molecular formula is C18H21NO8. The molecule has 0 aliphatic heterocycles. The molecule has 1 aromatic carbocycles. The number of ketones is 1. The fraction of sp³-hybridized carbons (Fsp3) is 0.389. The van der Waals surface area contributed by atoms with E-state index in [2.05, 4.69) is 4.98 Å². The molecule has 0 saturated carbocycles. The molecule has 146 valence electrons. The monoisotopic (exact) mass is 379 g/mol. The Kier molecular flexibility index (Phi) is 7.05. The molecule has 1 heterocycles. The first-order valence-electron chi connectivity index (χ1n) is 8.05. The summed E-state index contributed by atoms with van der Waals surface area (Å²) in [5, 5.41) is 19.7. The van der Waals surface area contributed by atoms with Crippen molar-refractivity contribution in [2.75, 3.05) is 27.8 Å². The summed E-state index contributed by atoms with van der Waals surface area (Å²) in [4.78, 5) is 29.0. The fourth-order valence-corrected chi connectivity index (χ4v) is 2.62. The number of carboxylic acid groups (broad SMARTS) is 1. The summed E-state index contributed by atoms with van der Waals surface area (Å²) in [6, 6.07) is 3.20. The van der Waals surface area contributed by atoms with E-state index in [1.807, 2.05) is 0 Å². The van der Waals surface area contributed by atoms with E-state index in [0.29, 0.717) is 5.39 Å². The topological polar surface area (TPSA) is 124 Å². The van der Waals surface area contributed by atoms with E-state index in [1.165, 1.54) is 27.3 Å². The molecule has 27 heavy (non-hydrogen) atoms. The highest BCUT2D eigenvalue weighted by molar-refractivity contribution is 6.15. The molecule has 0 radical (unpaired) electrons. The number of ether oxygens (including phenoxy) is 4. The van der Waals surface area contributed by atoms with Crippen molar-refractivity contribution in [1.29, 1.82) is 0 Å². The average Bonchev–Trinajstić information content (AvgIpc) is 2.63. The third-order valence-electron chi connectivity index (χ3n) is 3.59. The lowest BCUT2D eigenvalue weighted by Gasteiger charge is -2.19. The van der Waals surface area contributed by atoms with E-state index in [0.717, 1.165) is 0 Å². The highest BCUT2D eigenvalue weighted by Gasteiger charge is 2.31. The molecule has 1 unspecified atom stereocenters. The van der Waals surface area contributed by atoms with E-state index < -0.39 is 17.9 Å². The Bertz CT molecular complexity index is 834. The van der Waals surface area contributed by atoms with Gasteiger partial charge in [-0.05, 0) is 19.1 Å². The molecule has 9 nitrogen and oxygen atoms in total. The Morgan fingerprint density at radius 1 is 1.11 bits per heavy atom. The van der Waals surface area contributed by atoms with Gasteiger partial charge in [0.1, 0.15) is 16.8 Å². The van der Waals surface area contributed by atoms with Gasteiger partial charge in [0.05, 0.1) is 11.7 Å². The number of carboxylic acids is 1. The normalized spacial score (nSPS) is 12.0. The Labute approximate surface area is 155 Å². The standard InChI is InChI=1S/C18H21NO8/c1-10(20)7-12(21)13-14(18(22)23)16(26-8-24-2)11-5-4-6-19-15(11)17(13)27-9-25-3/h4-6,10,20H,7-9H2,1-3H3,(H,22,23). The minimum atomic E-state index is -1.39. The van der Waals surface area contributed by atoms with Crippen LogP contribution >= 0.6 is 0 Å². The van der Waals surface area contributed by atoms with Crippen molar-refractivity contribution >= 4 is 22.7 Å². The molecular weight excluding hydrogens is 358 g/mol. The number of carbonyl (C=O) groups is 2. The van der Waals surface area contributed by atoms with Crippen LogP contribution in [0.3, 0.4) is 0 Å². The molecule has 1 aromatic heterocycles. The second-order valence-electron chi connectivity index (χ2n) is 5.69. The highest BCUT2D eigenvalue weighted by atomic mass is 16.7. The highest BCUT2D eigenvalue weighted by Crippen LogP contribution is 2.41. The number of Topliss-reactive ketones (excluding diaryl/α,β-unsaturated/α-hetero) is 1. The Hall–Kier alpha value is -2.75. The zero-order chi connectivity index (χ0) is 20.0. The number of pyridine rings is 1. The van der Waals surface area contributed by atoms with Crippen LogP contribution in [0, 0.1) is 0 Å². The first kappa shape index (κ1) is 20.6. The van der Waals surface area contributed by atoms with Gasteiger partial charge in [0, 0.05) is 32.2 Å². The average molecular weight is 379 g/mol. The summed E-state index contributed by atoms with van der Waals surface area (Å²) >= 11 is 0. The van der Waals surface area contributed by atoms with Crippen molar-refractivity contribution in [2.45, 2.75) is 19.4 Å². The van der Waals surface area contributed by atoms with Crippen molar-refractivity contribution in [3.63, 3.8) is 0 Å². The van der Waals surface area contributed by atoms with Gasteiger partial charge in [-0.25, -0.2) is 4.79 Å². The number of benzene rings is 1. The van der Waals surface area contributed by atoms with E-state index in [1.54, 1.807) is 12.1 Å². The molecule has 1 atom stereocenters. The van der Waals surface area contributed by atoms with Crippen LogP contribution in [-0.2, 0) is 9.47 Å². The molecule has 2 rings (SSSR count). The summed E-state index contributed by atoms with van der Waals surface area (Å²) < 4.78 is 20.8. The SMILES string of the molecule is COCOc1c(C(=O)O)c(C(=O)CC(C)O)c(OCOC)c2ncccc12. The molecule has 0 fully saturated rings. The number of hydrogen-bond donors (Lipinski definition) is 2. The first-order chi connectivity index (χ1) is 12.9. The molecule has 2 aromatic rings. The number of carbonyl (C=O) groups excluding carboxylic acids is 1. The van der Waals surface area contributed by atoms with Crippen LogP contribution < -0.4 is 9.47 Å². The Morgan fingerprint density at radius 3 is 2.30 bits per heavy atom. The van der Waals surface area contributed by atoms with Crippen LogP contribution in [0.5, 0.6) is 11.5 Å². The van der Waals surface area contributed by atoms with Gasteiger partial charge in [0.15, 0.2) is 25.1 Å². The number of aromatic carboxylic acids is 1. The molecule has 0 aliphatic carbocycles. The number of rotatable bonds is 10. The van der Waals surface area contributed by atoms with Gasteiger partial charge in [0.25, 0.3) is 0 Å². The number of aliphatic hydroxyl groups excluding tert-OH is 1. The van der Waals surface area contributed by atoms with Gasteiger partial charge >= 0.3 is 5.97 Å². The van der Waals surface area contributed by atoms with Gasteiger partial charge in [-0.3, -0.25) is 9.78 Å². The summed E-state index contributed by atoms with van der Waals surface area (Å²) in [6.45, 7) is 0.972. The van der Waals surface area contributed by atoms with Gasteiger partial charge < -0.3 is 29.2 Å². The number of aliphatic hydroxyl groups is 1. The summed E-state index contributed by atoms with van der Waals surface area (Å²) in [5.74, 6) is -2.11. The Morgan fingerprint density at radius 2 is 1.74 bits per heavy atom. The maximum absolute atomic E-state index is 12.8. The number of methoxy groups -OCH3 is 2. The second-order valence-corrected chi connectivity index (χ2v) is 5.69. The molecule has 0 aliphatic rings. The van der Waals surface area contributed by atoms with E-state index in [-0.39, 0.29) is 48.1 Å². The van der Waals surface area contributed by atoms with Crippen molar-refractivity contribution in [2.24, 2.45) is 0 Å². The van der Waals surface area contributed by atoms with Crippen LogP contribution in [0.1, 0.15) is 34.1 Å². The minimum Gasteiger partial charge on any atom is -0.478 e. The van der Waals surface area contributed by atoms with Gasteiger partial charge in [0.2, 0.25) is 0 Å². The molecule has 0 saturated heterocycles. The zero-order valence-electron chi connectivity index (χ0n) is 15.2. The number of aromatic nitrogens is 1. The molecule has 2 N–H and O–H groups in total. The maximum atomic E-state index is 12.8. The largest absolute Gasteiger partial charge is 0.478 e. The summed E-state index contributed by atoms with van der Waals surface area (Å²) in [6.07, 6.45) is 0.203. The van der Waals surface area contributed by atoms with E-state index in [4.69, 9.17) is 18.9 Å². The first-order valence-corrected chi connectivity index (χ1v) is 8.05. The maximum Gasteiger partial charge on any atom is 0.340 e. The van der Waals surface area contributed by atoms with Gasteiger partial charge in [-0.1, -0.05) is 0 Å². The Balaban J connectivity index is 2.88. The van der Waals surface area contributed by atoms with Gasteiger partial charge in [-0.2, -0.15) is 0 Å². The van der Waals surface area contributed by atoms with Crippen molar-refractivity contribution in [3.8, 4) is 11.5 Å². The summed E-state index contributed by atoms with van der Waals surface area (Å²) in [7, 11) is 2.78. The lowest BCUT2D eigenvalue weighted by molar-refractivity contribution is 0.0463. The lowest BCUT2D eigenvalue weighted by Crippen LogP contribution is -2.18. The van der Waals surface area contributed by atoms with Crippen LogP contribution in [0.15, 0.2) is 18.3 Å². The molecule has 0 bridgehead atoms. The summed E-state index contributed by atoms with van der Waals surface area (Å²) in [5.41, 5.74) is -0.387. The van der Waals surface area contributed by atoms with Crippen LogP contribution in [0.25, 0.3) is 10.9 Å². The molecule has 9 heteroatoms. The number of nitrogens with zero attached hydrogens (tertiary/aromatic N) is 1. The van der Waals surface area contributed by atoms with E-state index >= 15 is 0 Å². The van der Waals surface area contributed by atoms with Gasteiger partial charge in [-0.15, -0.1) is 0 Å². The predicted octanol–water partition coefficient (Wildman–Crippen LogP) is 1.85.